The second-order valence-corrected chi connectivity index (χ2v) is 13.9. The largest absolute Gasteiger partial charge is 0.312 e. The molecule has 0 aliphatic heterocycles. The van der Waals surface area contributed by atoms with Gasteiger partial charge in [0.25, 0.3) is 0 Å². The molecule has 0 saturated heterocycles. The lowest BCUT2D eigenvalue weighted by molar-refractivity contribution is 1.17. The van der Waals surface area contributed by atoms with E-state index in [0.29, 0.717) is 11.4 Å². The van der Waals surface area contributed by atoms with Crippen molar-refractivity contribution in [2.24, 2.45) is 0 Å². The van der Waals surface area contributed by atoms with Gasteiger partial charge >= 0.3 is 0 Å². The van der Waals surface area contributed by atoms with Crippen LogP contribution in [0.5, 0.6) is 0 Å². The van der Waals surface area contributed by atoms with Crippen LogP contribution < -0.4 is 0 Å². The molecule has 0 radical (unpaired) electrons. The topological polar surface area (TPSA) is 23.5 Å². The molecule has 5 heteroatoms. The zero-order valence-corrected chi connectivity index (χ0v) is 29.5. The molecule has 0 spiro atoms. The fourth-order valence-electron chi connectivity index (χ4n) is 8.67. The Morgan fingerprint density at radius 1 is 0.327 bits per heavy atom. The fourth-order valence-corrected chi connectivity index (χ4v) is 8.67. The second-order valence-electron chi connectivity index (χ2n) is 13.9. The summed E-state index contributed by atoms with van der Waals surface area (Å²) >= 11 is 0. The van der Waals surface area contributed by atoms with Gasteiger partial charge in [-0.1, -0.05) is 103 Å². The van der Waals surface area contributed by atoms with Crippen molar-refractivity contribution in [3.63, 3.8) is 0 Å². The van der Waals surface area contributed by atoms with E-state index in [2.05, 4.69) is 181 Å². The van der Waals surface area contributed by atoms with Crippen LogP contribution in [0.1, 0.15) is 0 Å². The van der Waals surface area contributed by atoms with E-state index in [4.69, 9.17) is 13.1 Å². The number of aromatic nitrogens is 3. The van der Waals surface area contributed by atoms with E-state index in [9.17, 15) is 0 Å². The van der Waals surface area contributed by atoms with Gasteiger partial charge < -0.3 is 13.7 Å². The summed E-state index contributed by atoms with van der Waals surface area (Å²) < 4.78 is 6.83. The van der Waals surface area contributed by atoms with Crippen molar-refractivity contribution in [1.29, 1.82) is 0 Å². The van der Waals surface area contributed by atoms with Crippen molar-refractivity contribution in [1.82, 2.24) is 13.7 Å². The number of rotatable bonds is 4. The van der Waals surface area contributed by atoms with Crippen LogP contribution in [0.4, 0.5) is 11.4 Å². The number of nitrogens with zero attached hydrogens (tertiary/aromatic N) is 5. The lowest BCUT2D eigenvalue weighted by Crippen LogP contribution is -1.96. The Bertz CT molecular complexity index is 3350. The summed E-state index contributed by atoms with van der Waals surface area (Å²) in [6.45, 7) is 16.1. The summed E-state index contributed by atoms with van der Waals surface area (Å²) in [5, 5.41) is 7.03. The summed E-state index contributed by atoms with van der Waals surface area (Å²) in [5.74, 6) is 0. The molecule has 0 N–H and O–H groups in total. The number of para-hydroxylation sites is 4. The molecule has 0 saturated carbocycles. The predicted molar refractivity (Wildman–Crippen MR) is 227 cm³/mol. The molecule has 11 rings (SSSR count). The molecule has 0 bridgehead atoms. The highest BCUT2D eigenvalue weighted by molar-refractivity contribution is 6.13. The van der Waals surface area contributed by atoms with Crippen LogP contribution in [0.15, 0.2) is 176 Å². The normalized spacial score (nSPS) is 11.6. The minimum atomic E-state index is 0.570. The molecular weight excluding hydrogens is 671 g/mol. The number of benzene rings is 8. The highest BCUT2D eigenvalue weighted by Gasteiger charge is 2.18. The molecule has 5 nitrogen and oxygen atoms in total. The minimum Gasteiger partial charge on any atom is -0.312 e. The van der Waals surface area contributed by atoms with Crippen LogP contribution in [0.2, 0.25) is 0 Å². The summed E-state index contributed by atoms with van der Waals surface area (Å²) in [7, 11) is 0. The van der Waals surface area contributed by atoms with E-state index in [-0.39, 0.29) is 0 Å². The highest BCUT2D eigenvalue weighted by atomic mass is 15.0. The Labute approximate surface area is 316 Å². The van der Waals surface area contributed by atoms with Gasteiger partial charge in [-0.2, -0.15) is 0 Å². The molecule has 0 unspecified atom stereocenters. The predicted octanol–water partition coefficient (Wildman–Crippen LogP) is 13.7. The Balaban J connectivity index is 1.05. The lowest BCUT2D eigenvalue weighted by atomic mass is 10.0. The Hall–Kier alpha value is -7.86. The molecule has 3 heterocycles. The van der Waals surface area contributed by atoms with Crippen LogP contribution in [-0.2, 0) is 0 Å². The number of hydrogen-bond acceptors (Lipinski definition) is 0. The Morgan fingerprint density at radius 3 is 1.35 bits per heavy atom. The quantitative estimate of drug-likeness (QED) is 0.163. The van der Waals surface area contributed by atoms with Gasteiger partial charge in [-0.05, 0) is 83.9 Å². The van der Waals surface area contributed by atoms with E-state index >= 15 is 0 Å². The van der Waals surface area contributed by atoms with Gasteiger partial charge in [0.05, 0.1) is 40.7 Å². The van der Waals surface area contributed by atoms with E-state index < -0.39 is 0 Å². The van der Waals surface area contributed by atoms with Gasteiger partial charge in [-0.15, -0.1) is 0 Å². The summed E-state index contributed by atoms with van der Waals surface area (Å²) in [6.07, 6.45) is 0. The first-order chi connectivity index (χ1) is 27.2. The third-order valence-electron chi connectivity index (χ3n) is 11.1. The third kappa shape index (κ3) is 4.51. The molecule has 8 aromatic carbocycles. The van der Waals surface area contributed by atoms with Gasteiger partial charge in [0.2, 0.25) is 0 Å². The van der Waals surface area contributed by atoms with E-state index in [1.165, 1.54) is 21.5 Å². The maximum absolute atomic E-state index is 8.29. The Kier molecular flexibility index (Phi) is 6.61. The van der Waals surface area contributed by atoms with Crippen molar-refractivity contribution in [3.8, 4) is 28.2 Å². The summed E-state index contributed by atoms with van der Waals surface area (Å²) in [6, 6.07) is 61.3. The summed E-state index contributed by atoms with van der Waals surface area (Å²) in [5.41, 5.74) is 12.6. The monoisotopic (exact) mass is 699 g/mol. The first-order valence-electron chi connectivity index (χ1n) is 18.3. The van der Waals surface area contributed by atoms with Crippen LogP contribution in [0.25, 0.3) is 103 Å². The maximum Gasteiger partial charge on any atom is 0.196 e. The van der Waals surface area contributed by atoms with E-state index in [1.54, 1.807) is 0 Å². The van der Waals surface area contributed by atoms with Gasteiger partial charge in [-0.25, -0.2) is 9.69 Å². The first kappa shape index (κ1) is 30.7. The standard InChI is InChI=1S/C50H29N5/c1-51-33-21-26-42-43-30-35(54-47-17-9-5-13-40(47)41-14-6-10-18-48(41)54)25-28-49(43)55(50(42)29-33)36-24-27-37(44(31-36)52-2)32-19-22-34(23-20-32)53-45-15-7-3-11-38(45)39-12-4-8-16-46(39)53/h3-31H. The first-order valence-corrected chi connectivity index (χ1v) is 18.3. The molecule has 55 heavy (non-hydrogen) atoms. The fraction of sp³-hybridized carbons (Fsp3) is 0. The van der Waals surface area contributed by atoms with Crippen molar-refractivity contribution in [2.75, 3.05) is 0 Å². The molecule has 254 valence electrons. The third-order valence-corrected chi connectivity index (χ3v) is 11.1. The zero-order valence-electron chi connectivity index (χ0n) is 29.5. The van der Waals surface area contributed by atoms with Crippen LogP contribution in [0.3, 0.4) is 0 Å². The van der Waals surface area contributed by atoms with E-state index in [1.807, 2.05) is 18.2 Å². The maximum atomic E-state index is 8.29. The van der Waals surface area contributed by atoms with Crippen LogP contribution >= 0.6 is 0 Å². The SMILES string of the molecule is [C-]#[N+]c1ccc2c3cc(-n4c5ccccc5c5ccccc54)ccc3n(-c3ccc(-c4ccc(-n5c6ccccc6c6ccccc65)cc4)c([N+]#[C-])c3)c2c1. The molecule has 3 aromatic heterocycles. The minimum absolute atomic E-state index is 0.570. The van der Waals surface area contributed by atoms with Crippen LogP contribution in [0, 0.1) is 13.1 Å². The second kappa shape index (κ2) is 11.8. The highest BCUT2D eigenvalue weighted by Crippen LogP contribution is 2.41. The van der Waals surface area contributed by atoms with Crippen molar-refractivity contribution < 1.29 is 0 Å². The number of fused-ring (bicyclic) bond motifs is 9. The molecular formula is C50H29N5. The van der Waals surface area contributed by atoms with Gasteiger partial charge in [0, 0.05) is 54.9 Å². The molecule has 0 amide bonds. The van der Waals surface area contributed by atoms with Crippen molar-refractivity contribution in [3.05, 3.63) is 199 Å². The average molecular weight is 700 g/mol. The molecule has 0 aliphatic rings. The smallest absolute Gasteiger partial charge is 0.196 e. The Morgan fingerprint density at radius 2 is 0.782 bits per heavy atom. The van der Waals surface area contributed by atoms with Crippen molar-refractivity contribution >= 4 is 76.8 Å². The van der Waals surface area contributed by atoms with Crippen LogP contribution in [-0.4, -0.2) is 13.7 Å². The van der Waals surface area contributed by atoms with Gasteiger partial charge in [0.15, 0.2) is 11.4 Å². The van der Waals surface area contributed by atoms with Gasteiger partial charge in [0.1, 0.15) is 0 Å². The van der Waals surface area contributed by atoms with Gasteiger partial charge in [-0.3, -0.25) is 0 Å². The average Bonchev–Trinajstić information content (AvgIpc) is 3.89. The lowest BCUT2D eigenvalue weighted by Gasteiger charge is -2.13. The summed E-state index contributed by atoms with van der Waals surface area (Å²) in [4.78, 5) is 7.83. The molecule has 0 aliphatic carbocycles. The zero-order chi connectivity index (χ0) is 36.6. The molecule has 0 atom stereocenters. The van der Waals surface area contributed by atoms with E-state index in [0.717, 1.165) is 72.1 Å². The molecule has 0 fully saturated rings. The van der Waals surface area contributed by atoms with Crippen molar-refractivity contribution in [2.45, 2.75) is 0 Å². The number of hydrogen-bond donors (Lipinski definition) is 0. The molecule has 11 aromatic rings.